The van der Waals surface area contributed by atoms with Crippen LogP contribution < -0.4 is 5.73 Å². The Bertz CT molecular complexity index is 305. The van der Waals surface area contributed by atoms with Gasteiger partial charge in [-0.15, -0.1) is 11.3 Å². The van der Waals surface area contributed by atoms with Gasteiger partial charge in [-0.1, -0.05) is 6.92 Å². The zero-order valence-electron chi connectivity index (χ0n) is 8.45. The number of hydrogen-bond acceptors (Lipinski definition) is 4. The highest BCUT2D eigenvalue weighted by Crippen LogP contribution is 2.35. The Morgan fingerprint density at radius 1 is 1.71 bits per heavy atom. The third kappa shape index (κ3) is 1.82. The molecule has 0 aliphatic carbocycles. The number of rotatable bonds is 3. The monoisotopic (exact) mass is 212 g/mol. The van der Waals surface area contributed by atoms with Crippen molar-refractivity contribution in [2.45, 2.75) is 25.2 Å². The van der Waals surface area contributed by atoms with E-state index in [1.807, 2.05) is 6.20 Å². The van der Waals surface area contributed by atoms with E-state index >= 15 is 0 Å². The molecule has 0 saturated carbocycles. The van der Waals surface area contributed by atoms with E-state index in [4.69, 9.17) is 10.5 Å². The molecule has 1 aliphatic rings. The Labute approximate surface area is 88.3 Å². The highest BCUT2D eigenvalue weighted by Gasteiger charge is 2.33. The van der Waals surface area contributed by atoms with Gasteiger partial charge in [0, 0.05) is 29.5 Å². The minimum Gasteiger partial charge on any atom is -0.380 e. The SMILES string of the molecule is CC1(c2cnc(CCN)s2)CCOC1. The molecule has 3 nitrogen and oxygen atoms in total. The fraction of sp³-hybridized carbons (Fsp3) is 0.700. The van der Waals surface area contributed by atoms with E-state index in [2.05, 4.69) is 11.9 Å². The highest BCUT2D eigenvalue weighted by atomic mass is 32.1. The molecule has 4 heteroatoms. The molecule has 2 heterocycles. The largest absolute Gasteiger partial charge is 0.380 e. The van der Waals surface area contributed by atoms with Gasteiger partial charge in [0.05, 0.1) is 11.6 Å². The molecule has 2 rings (SSSR count). The Kier molecular flexibility index (Phi) is 2.85. The smallest absolute Gasteiger partial charge is 0.0940 e. The standard InChI is InChI=1S/C10H16N2OS/c1-10(3-5-13-7-10)8-6-12-9(14-8)2-4-11/h6H,2-5,7,11H2,1H3. The minimum absolute atomic E-state index is 0.199. The van der Waals surface area contributed by atoms with Crippen molar-refractivity contribution in [2.24, 2.45) is 5.73 Å². The van der Waals surface area contributed by atoms with E-state index in [0.717, 1.165) is 31.1 Å². The first-order chi connectivity index (χ1) is 6.74. The third-order valence-corrected chi connectivity index (χ3v) is 4.09. The number of aromatic nitrogens is 1. The first-order valence-electron chi connectivity index (χ1n) is 4.97. The van der Waals surface area contributed by atoms with Crippen molar-refractivity contribution in [3.8, 4) is 0 Å². The second-order valence-corrected chi connectivity index (χ2v) is 5.14. The summed E-state index contributed by atoms with van der Waals surface area (Å²) in [5.41, 5.74) is 5.70. The Hall–Kier alpha value is -0.450. The first-order valence-corrected chi connectivity index (χ1v) is 5.79. The molecule has 1 saturated heterocycles. The van der Waals surface area contributed by atoms with Gasteiger partial charge >= 0.3 is 0 Å². The Balaban J connectivity index is 2.15. The summed E-state index contributed by atoms with van der Waals surface area (Å²) in [6.07, 6.45) is 3.99. The minimum atomic E-state index is 0.199. The molecule has 0 radical (unpaired) electrons. The molecule has 2 N–H and O–H groups in total. The van der Waals surface area contributed by atoms with Crippen LogP contribution in [0.4, 0.5) is 0 Å². The van der Waals surface area contributed by atoms with E-state index in [-0.39, 0.29) is 5.41 Å². The van der Waals surface area contributed by atoms with Gasteiger partial charge in [-0.05, 0) is 13.0 Å². The lowest BCUT2D eigenvalue weighted by Gasteiger charge is -2.18. The third-order valence-electron chi connectivity index (χ3n) is 2.73. The second kappa shape index (κ2) is 3.96. The van der Waals surface area contributed by atoms with E-state index in [1.54, 1.807) is 11.3 Å². The van der Waals surface area contributed by atoms with Gasteiger partial charge in [0.1, 0.15) is 0 Å². The quantitative estimate of drug-likeness (QED) is 0.822. The van der Waals surface area contributed by atoms with Crippen molar-refractivity contribution in [2.75, 3.05) is 19.8 Å². The van der Waals surface area contributed by atoms with Gasteiger partial charge in [-0.25, -0.2) is 4.98 Å². The van der Waals surface area contributed by atoms with E-state index < -0.39 is 0 Å². The Morgan fingerprint density at radius 3 is 3.21 bits per heavy atom. The molecule has 0 bridgehead atoms. The topological polar surface area (TPSA) is 48.1 Å². The summed E-state index contributed by atoms with van der Waals surface area (Å²) in [4.78, 5) is 5.72. The van der Waals surface area contributed by atoms with Crippen molar-refractivity contribution >= 4 is 11.3 Å². The van der Waals surface area contributed by atoms with Crippen LogP contribution in [0.3, 0.4) is 0 Å². The number of hydrogen-bond donors (Lipinski definition) is 1. The van der Waals surface area contributed by atoms with Gasteiger partial charge in [0.2, 0.25) is 0 Å². The van der Waals surface area contributed by atoms with Gasteiger partial charge in [0.25, 0.3) is 0 Å². The van der Waals surface area contributed by atoms with Gasteiger partial charge < -0.3 is 10.5 Å². The average Bonchev–Trinajstić information content (AvgIpc) is 2.75. The first kappa shape index (κ1) is 10.1. The van der Waals surface area contributed by atoms with Crippen LogP contribution in [-0.2, 0) is 16.6 Å². The predicted octanol–water partition coefficient (Wildman–Crippen LogP) is 1.32. The van der Waals surface area contributed by atoms with Crippen LogP contribution >= 0.6 is 11.3 Å². The van der Waals surface area contributed by atoms with E-state index in [1.165, 1.54) is 4.88 Å². The lowest BCUT2D eigenvalue weighted by Crippen LogP contribution is -2.19. The summed E-state index contributed by atoms with van der Waals surface area (Å²) in [5, 5.41) is 1.15. The van der Waals surface area contributed by atoms with Crippen molar-refractivity contribution in [3.63, 3.8) is 0 Å². The maximum Gasteiger partial charge on any atom is 0.0940 e. The normalized spacial score (nSPS) is 27.0. The molecular weight excluding hydrogens is 196 g/mol. The summed E-state index contributed by atoms with van der Waals surface area (Å²) in [7, 11) is 0. The van der Waals surface area contributed by atoms with Crippen LogP contribution in [0.2, 0.25) is 0 Å². The molecule has 0 aromatic carbocycles. The number of nitrogens with zero attached hydrogens (tertiary/aromatic N) is 1. The zero-order valence-corrected chi connectivity index (χ0v) is 9.27. The van der Waals surface area contributed by atoms with Crippen molar-refractivity contribution in [3.05, 3.63) is 16.1 Å². The van der Waals surface area contributed by atoms with Crippen molar-refractivity contribution in [1.29, 1.82) is 0 Å². The van der Waals surface area contributed by atoms with Crippen molar-refractivity contribution in [1.82, 2.24) is 4.98 Å². The van der Waals surface area contributed by atoms with Crippen LogP contribution in [0.1, 0.15) is 23.2 Å². The van der Waals surface area contributed by atoms with Crippen LogP contribution in [0.15, 0.2) is 6.20 Å². The van der Waals surface area contributed by atoms with Crippen molar-refractivity contribution < 1.29 is 4.74 Å². The lowest BCUT2D eigenvalue weighted by molar-refractivity contribution is 0.181. The summed E-state index contributed by atoms with van der Waals surface area (Å²) >= 11 is 1.78. The highest BCUT2D eigenvalue weighted by molar-refractivity contribution is 7.11. The van der Waals surface area contributed by atoms with E-state index in [0.29, 0.717) is 6.54 Å². The molecule has 1 aromatic heterocycles. The molecule has 1 atom stereocenters. The molecule has 1 aliphatic heterocycles. The van der Waals surface area contributed by atoms with E-state index in [9.17, 15) is 0 Å². The fourth-order valence-electron chi connectivity index (χ4n) is 1.69. The summed E-state index contributed by atoms with van der Waals surface area (Å²) in [5.74, 6) is 0. The average molecular weight is 212 g/mol. The molecule has 0 spiro atoms. The van der Waals surface area contributed by atoms with Crippen LogP contribution in [0.5, 0.6) is 0 Å². The zero-order chi connectivity index (χ0) is 10.0. The molecule has 0 amide bonds. The number of nitrogens with two attached hydrogens (primary N) is 1. The lowest BCUT2D eigenvalue weighted by atomic mass is 9.89. The van der Waals surface area contributed by atoms with Crippen LogP contribution in [0, 0.1) is 0 Å². The molecule has 1 unspecified atom stereocenters. The summed E-state index contributed by atoms with van der Waals surface area (Å²) < 4.78 is 5.44. The molecule has 1 aromatic rings. The second-order valence-electron chi connectivity index (χ2n) is 4.02. The summed E-state index contributed by atoms with van der Waals surface area (Å²) in [6.45, 7) is 4.64. The summed E-state index contributed by atoms with van der Waals surface area (Å²) in [6, 6.07) is 0. The molecular formula is C10H16N2OS. The molecule has 14 heavy (non-hydrogen) atoms. The Morgan fingerprint density at radius 2 is 2.57 bits per heavy atom. The fourth-order valence-corrected chi connectivity index (χ4v) is 2.78. The molecule has 1 fully saturated rings. The van der Waals surface area contributed by atoms with Gasteiger partial charge in [-0.3, -0.25) is 0 Å². The van der Waals surface area contributed by atoms with Gasteiger partial charge in [0.15, 0.2) is 0 Å². The number of thiazole rings is 1. The maximum absolute atomic E-state index is 5.50. The van der Waals surface area contributed by atoms with Crippen LogP contribution in [-0.4, -0.2) is 24.7 Å². The molecule has 78 valence electrons. The number of ether oxygens (including phenoxy) is 1. The van der Waals surface area contributed by atoms with Gasteiger partial charge in [-0.2, -0.15) is 0 Å². The maximum atomic E-state index is 5.50. The van der Waals surface area contributed by atoms with Crippen LogP contribution in [0.25, 0.3) is 0 Å². The predicted molar refractivity (Wildman–Crippen MR) is 57.7 cm³/mol.